The van der Waals surface area contributed by atoms with Crippen LogP contribution in [0.25, 0.3) is 51.6 Å². The molecule has 15 aromatic heterocycles. The fourth-order valence-corrected chi connectivity index (χ4v) is 18.1. The van der Waals surface area contributed by atoms with Gasteiger partial charge < -0.3 is 24.3 Å². The zero-order valence-corrected chi connectivity index (χ0v) is 71.7. The number of nitrogens with zero attached hydrogens (tertiary/aromatic N) is 27. The van der Waals surface area contributed by atoms with Gasteiger partial charge in [-0.15, -0.1) is 0 Å². The molecule has 24 heterocycles. The number of piperidine rings is 3. The summed E-state index contributed by atoms with van der Waals surface area (Å²) in [5.41, 5.74) is 18.0. The number of ether oxygens (including phenoxy) is 1. The number of nitrogens with one attached hydrogen (secondary N) is 3. The monoisotopic (exact) mass is 1700 g/mol. The predicted molar refractivity (Wildman–Crippen MR) is 471 cm³/mol. The first-order chi connectivity index (χ1) is 61.3. The Morgan fingerprint density at radius 2 is 0.873 bits per heavy atom. The van der Waals surface area contributed by atoms with E-state index in [0.29, 0.717) is 96.5 Å². The van der Waals surface area contributed by atoms with Gasteiger partial charge >= 0.3 is 0 Å². The number of aromatic nitrogens is 24. The fourth-order valence-electron chi connectivity index (χ4n) is 18.0. The fraction of sp³-hybridized carbons (Fsp3) is 0.337. The third-order valence-corrected chi connectivity index (χ3v) is 24.9. The summed E-state index contributed by atoms with van der Waals surface area (Å²) in [4.78, 5) is 83.8. The molecule has 6 bridgehead atoms. The molecule has 3 N–H and O–H groups in total. The highest BCUT2D eigenvalue weighted by atomic mass is 35.5. The minimum atomic E-state index is -0.442. The van der Waals surface area contributed by atoms with Crippen molar-refractivity contribution < 1.29 is 13.9 Å². The molecular weight excluding hydrogens is 1610 g/mol. The van der Waals surface area contributed by atoms with Gasteiger partial charge in [0.15, 0.2) is 40.7 Å². The first-order valence-corrected chi connectivity index (χ1v) is 43.2. The third kappa shape index (κ3) is 17.5. The minimum absolute atomic E-state index is 0.0442. The van der Waals surface area contributed by atoms with Gasteiger partial charge in [-0.25, -0.2) is 73.6 Å². The lowest BCUT2D eigenvalue weighted by atomic mass is 9.86. The molecule has 9 saturated heterocycles. The number of aromatic amines is 3. The number of anilines is 3. The molecule has 25 rings (SSSR count). The number of H-pyrrole nitrogens is 3. The van der Waals surface area contributed by atoms with Gasteiger partial charge in [0.05, 0.1) is 87.3 Å². The van der Waals surface area contributed by atoms with Crippen LogP contribution >= 0.6 is 11.6 Å². The van der Waals surface area contributed by atoms with Gasteiger partial charge in [-0.05, 0) is 195 Å². The topological polar surface area (TPSA) is 340 Å². The standard InChI is InChI=1S/C33H36N10O.C30H31ClN10.C29H27FN10O/c1-21-12-25(14-26-13-22(2)39-40-26)38-33(37-21)24-7-9-30(35-17-24)41-19-27-15-28(20-41)42(27)18-23-6-8-31(34-16-23)43-32(10-11-36-43)44-29-4-3-5-29;1-18-8-23(10-24-9-19(2)36-37-24)35-30(34-18)22-5-7-28(33-13-22)39-15-25-11-26(16-39)40(25)14-21-4-6-29(32-12-21)41-17-27(31)20(3)38-41;1-17-7-22(9-23-8-18(2)36-37-23)35-28(34-17)19-3-5-26(31-11-19)38-15-24-10-25(16-38)40(24)29(41)20-4-6-27(32-12-20)39-14-21(30)13-33-39/h6-13,16-17,27-29H,3-5,14-15,18-20H2,1-2H3,(H,39,40);4-9,12-13,17,25-26H,10-11,14-16H2,1-3H3,(H,36,37);3-8,11-14,24-25H,9-10,15-16H2,1-2H3,(H,36,37). The Kier molecular flexibility index (Phi) is 22.0. The average molecular weight is 1710 g/mol. The Morgan fingerprint density at radius 3 is 1.25 bits per heavy atom. The molecule has 1 amide bonds. The van der Waals surface area contributed by atoms with Crippen molar-refractivity contribution in [3.05, 3.63) is 279 Å². The van der Waals surface area contributed by atoms with Crippen LogP contribution < -0.4 is 19.4 Å². The van der Waals surface area contributed by atoms with Crippen molar-refractivity contribution in [2.75, 3.05) is 54.0 Å². The molecule has 15 aromatic rings. The average Bonchev–Trinajstić information content (AvgIpc) is 1.31. The second-order valence-electron chi connectivity index (χ2n) is 34.1. The molecule has 6 atom stereocenters. The van der Waals surface area contributed by atoms with Crippen LogP contribution in [0.1, 0.15) is 134 Å². The Hall–Kier alpha value is -13.8. The van der Waals surface area contributed by atoms with Gasteiger partial charge in [0.2, 0.25) is 5.88 Å². The van der Waals surface area contributed by atoms with Crippen molar-refractivity contribution >= 4 is 35.0 Å². The van der Waals surface area contributed by atoms with Crippen LogP contribution in [0.4, 0.5) is 21.8 Å². The van der Waals surface area contributed by atoms with E-state index in [2.05, 4.69) is 138 Å². The van der Waals surface area contributed by atoms with E-state index >= 15 is 0 Å². The molecule has 126 heavy (non-hydrogen) atoms. The van der Waals surface area contributed by atoms with Gasteiger partial charge in [-0.2, -0.15) is 35.3 Å². The Morgan fingerprint density at radius 1 is 0.444 bits per heavy atom. The number of carbonyl (C=O) groups is 1. The summed E-state index contributed by atoms with van der Waals surface area (Å²) in [6.07, 6.45) is 26.1. The number of pyridine rings is 6. The van der Waals surface area contributed by atoms with Gasteiger partial charge in [0.1, 0.15) is 23.6 Å². The second-order valence-corrected chi connectivity index (χ2v) is 34.5. The highest BCUT2D eigenvalue weighted by Crippen LogP contribution is 2.40. The summed E-state index contributed by atoms with van der Waals surface area (Å²) in [5, 5.41) is 35.4. The molecule has 34 heteroatoms. The molecule has 638 valence electrons. The van der Waals surface area contributed by atoms with E-state index < -0.39 is 5.82 Å². The summed E-state index contributed by atoms with van der Waals surface area (Å²) in [6, 6.07) is 40.4. The van der Waals surface area contributed by atoms with E-state index in [1.807, 2.05) is 145 Å². The summed E-state index contributed by atoms with van der Waals surface area (Å²) in [5.74, 6) is 7.22. The van der Waals surface area contributed by atoms with E-state index in [9.17, 15) is 9.18 Å². The van der Waals surface area contributed by atoms with Crippen molar-refractivity contribution in [3.8, 4) is 57.5 Å². The van der Waals surface area contributed by atoms with Crippen molar-refractivity contribution in [3.63, 3.8) is 0 Å². The number of piperazine rings is 3. The smallest absolute Gasteiger partial charge is 0.256 e. The maximum atomic E-state index is 13.3. The number of rotatable bonds is 22. The first-order valence-electron chi connectivity index (χ1n) is 42.9. The van der Waals surface area contributed by atoms with E-state index in [4.69, 9.17) is 51.2 Å². The molecule has 9 aliphatic heterocycles. The summed E-state index contributed by atoms with van der Waals surface area (Å²) in [7, 11) is 0. The quantitative estimate of drug-likeness (QED) is 0.0567. The van der Waals surface area contributed by atoms with E-state index in [1.54, 1.807) is 33.9 Å². The van der Waals surface area contributed by atoms with Crippen LogP contribution in [0.3, 0.4) is 0 Å². The molecule has 0 spiro atoms. The predicted octanol–water partition coefficient (Wildman–Crippen LogP) is 12.2. The zero-order chi connectivity index (χ0) is 85.8. The van der Waals surface area contributed by atoms with Crippen LogP contribution in [0, 0.1) is 54.3 Å². The normalized spacial score (nSPS) is 18.8. The third-order valence-electron chi connectivity index (χ3n) is 24.6. The van der Waals surface area contributed by atoms with E-state index in [1.165, 1.54) is 47.5 Å². The molecule has 32 nitrogen and oxygen atoms in total. The van der Waals surface area contributed by atoms with Crippen molar-refractivity contribution in [1.29, 1.82) is 0 Å². The second kappa shape index (κ2) is 34.4. The number of fused-ring (bicyclic) bond motifs is 6. The summed E-state index contributed by atoms with van der Waals surface area (Å²) >= 11 is 6.15. The highest BCUT2D eigenvalue weighted by Gasteiger charge is 2.49. The highest BCUT2D eigenvalue weighted by molar-refractivity contribution is 6.31. The van der Waals surface area contributed by atoms with Crippen LogP contribution in [0.15, 0.2) is 177 Å². The largest absolute Gasteiger partial charge is 0.474 e. The van der Waals surface area contributed by atoms with E-state index in [0.717, 1.165) is 190 Å². The van der Waals surface area contributed by atoms with Gasteiger partial charge in [-0.1, -0.05) is 23.7 Å². The molecule has 0 aromatic carbocycles. The Balaban J connectivity index is 0.000000119. The maximum absolute atomic E-state index is 13.3. The number of amides is 1. The SMILES string of the molecule is Cc1cc(Cc2cc(C)[nH]n2)nc(-c2ccc(N3CC4CC(C3)N4C(=O)c3ccc(-n4cc(F)cn4)nc3)nc2)n1.Cc1cc(Cc2cc(C)[nH]n2)nc(-c2ccc(N3CC4CC(C3)N4Cc3ccc(-n4cc(Cl)c(C)n4)nc3)nc2)n1.Cc1cc(Cc2cc(C)[nH]n2)nc(-c2ccc(N3CC4CC(C3)N4Cc3ccc(-n4nccc4OC4CCC4)nc3)nc2)n1. The Labute approximate surface area is 731 Å². The Bertz CT molecular complexity index is 6350. The summed E-state index contributed by atoms with van der Waals surface area (Å²) in [6.45, 7) is 20.9. The van der Waals surface area contributed by atoms with Crippen LogP contribution in [0.2, 0.25) is 5.02 Å². The molecule has 1 aliphatic carbocycles. The summed E-state index contributed by atoms with van der Waals surface area (Å²) < 4.78 is 24.2. The van der Waals surface area contributed by atoms with Gasteiger partial charge in [0.25, 0.3) is 5.91 Å². The number of halogens is 2. The lowest BCUT2D eigenvalue weighted by Crippen LogP contribution is -2.70. The van der Waals surface area contributed by atoms with Gasteiger partial charge in [0, 0.05) is 190 Å². The van der Waals surface area contributed by atoms with Crippen LogP contribution in [-0.2, 0) is 32.4 Å². The number of aryl methyl sites for hydroxylation is 7. The molecule has 6 unspecified atom stereocenters. The van der Waals surface area contributed by atoms with Gasteiger partial charge in [-0.3, -0.25) is 29.9 Å². The molecule has 0 radical (unpaired) electrons. The van der Waals surface area contributed by atoms with Crippen molar-refractivity contribution in [1.82, 2.24) is 134 Å². The zero-order valence-electron chi connectivity index (χ0n) is 71.0. The number of hydrogen-bond donors (Lipinski definition) is 3. The molecule has 1 saturated carbocycles. The van der Waals surface area contributed by atoms with E-state index in [-0.39, 0.29) is 18.0 Å². The first kappa shape index (κ1) is 80.6. The number of carbonyl (C=O) groups excluding carboxylic acids is 1. The lowest BCUT2D eigenvalue weighted by molar-refractivity contribution is -0.00877. The van der Waals surface area contributed by atoms with Crippen LogP contribution in [0.5, 0.6) is 5.88 Å². The van der Waals surface area contributed by atoms with Crippen molar-refractivity contribution in [2.24, 2.45) is 0 Å². The van der Waals surface area contributed by atoms with Crippen LogP contribution in [-0.4, -0.2) is 222 Å². The van der Waals surface area contributed by atoms with Crippen molar-refractivity contribution in [2.45, 2.75) is 162 Å². The lowest BCUT2D eigenvalue weighted by Gasteiger charge is -2.56. The number of hydrogen-bond acceptors (Lipinski definition) is 25. The molecular formula is C92H94ClFN30O2. The maximum Gasteiger partial charge on any atom is 0.256 e. The molecule has 10 aliphatic rings. The minimum Gasteiger partial charge on any atom is -0.474 e. The molecule has 10 fully saturated rings.